The molecular formula is C26H31ClN4OS. The number of anilines is 1. The van der Waals surface area contributed by atoms with Crippen LogP contribution in [0.25, 0.3) is 5.57 Å². The average molecular weight is 483 g/mol. The number of hydrogen-bond acceptors (Lipinski definition) is 4. The molecule has 4 heterocycles. The first kappa shape index (κ1) is 22.6. The molecule has 3 aliphatic rings. The summed E-state index contributed by atoms with van der Waals surface area (Å²) in [7, 11) is 2.13. The average Bonchev–Trinajstić information content (AvgIpc) is 3.41. The van der Waals surface area contributed by atoms with E-state index in [0.717, 1.165) is 53.1 Å². The van der Waals surface area contributed by atoms with E-state index in [-0.39, 0.29) is 23.7 Å². The third-order valence-electron chi connectivity index (χ3n) is 7.28. The van der Waals surface area contributed by atoms with Gasteiger partial charge in [-0.05, 0) is 81.2 Å². The summed E-state index contributed by atoms with van der Waals surface area (Å²) in [6.07, 6.45) is 6.49. The van der Waals surface area contributed by atoms with Gasteiger partial charge in [0, 0.05) is 42.7 Å². The molecule has 33 heavy (non-hydrogen) atoms. The van der Waals surface area contributed by atoms with Crippen LogP contribution in [0.5, 0.6) is 0 Å². The molecule has 7 heteroatoms. The van der Waals surface area contributed by atoms with Crippen LogP contribution in [0.3, 0.4) is 0 Å². The molecule has 2 fully saturated rings. The van der Waals surface area contributed by atoms with Gasteiger partial charge in [0.2, 0.25) is 0 Å². The van der Waals surface area contributed by atoms with Crippen LogP contribution in [0.4, 0.5) is 5.69 Å². The minimum atomic E-state index is -0.0855. The first-order chi connectivity index (χ1) is 15.8. The Bertz CT molecular complexity index is 1100. The lowest BCUT2D eigenvalue weighted by molar-refractivity contribution is 0.0842. The lowest BCUT2D eigenvalue weighted by Gasteiger charge is -2.41. The fourth-order valence-corrected chi connectivity index (χ4v) is 5.95. The molecule has 1 aromatic heterocycles. The summed E-state index contributed by atoms with van der Waals surface area (Å²) in [5.41, 5.74) is 5.59. The highest BCUT2D eigenvalue weighted by Crippen LogP contribution is 2.46. The maximum atomic E-state index is 7.03. The fraction of sp³-hybridized carbons (Fsp3) is 0.462. The van der Waals surface area contributed by atoms with Crippen LogP contribution in [-0.2, 0) is 4.74 Å². The predicted octanol–water partition coefficient (Wildman–Crippen LogP) is 5.52. The minimum Gasteiger partial charge on any atom is -0.376 e. The Hall–Kier alpha value is -2.15. The number of benzene rings is 1. The van der Waals surface area contributed by atoms with Crippen LogP contribution in [-0.4, -0.2) is 46.8 Å². The number of allylic oxidation sites excluding steroid dienone is 1. The van der Waals surface area contributed by atoms with E-state index in [2.05, 4.69) is 72.2 Å². The molecule has 0 radical (unpaired) electrons. The van der Waals surface area contributed by atoms with E-state index in [0.29, 0.717) is 0 Å². The normalized spacial score (nSPS) is 26.3. The molecular weight excluding hydrogens is 452 g/mol. The minimum absolute atomic E-state index is 0.0672. The molecule has 0 unspecified atom stereocenters. The van der Waals surface area contributed by atoms with Crippen molar-refractivity contribution in [1.82, 2.24) is 15.2 Å². The number of nitrogens with one attached hydrogen (secondary N) is 1. The SMILES string of the molecule is CC1=CC(C)(C)N(C)c2cc(Cl)c([C@@H]3[C@@H](c4ccccn4)NC(=S)N3C[C@H]3CCCO3)cc21. The summed E-state index contributed by atoms with van der Waals surface area (Å²) in [4.78, 5) is 9.21. The van der Waals surface area contributed by atoms with Gasteiger partial charge >= 0.3 is 0 Å². The van der Waals surface area contributed by atoms with Gasteiger partial charge in [-0.2, -0.15) is 0 Å². The Morgan fingerprint density at radius 1 is 1.30 bits per heavy atom. The number of pyridine rings is 1. The van der Waals surface area contributed by atoms with Crippen molar-refractivity contribution in [2.24, 2.45) is 0 Å². The van der Waals surface area contributed by atoms with Crippen molar-refractivity contribution in [1.29, 1.82) is 0 Å². The van der Waals surface area contributed by atoms with Crippen LogP contribution in [0.2, 0.25) is 5.02 Å². The summed E-state index contributed by atoms with van der Waals surface area (Å²) < 4.78 is 5.97. The zero-order valence-corrected chi connectivity index (χ0v) is 21.2. The van der Waals surface area contributed by atoms with Gasteiger partial charge in [-0.3, -0.25) is 4.98 Å². The van der Waals surface area contributed by atoms with E-state index in [1.165, 1.54) is 11.1 Å². The Morgan fingerprint density at radius 3 is 2.82 bits per heavy atom. The molecule has 2 saturated heterocycles. The smallest absolute Gasteiger partial charge is 0.170 e. The number of likely N-dealkylation sites (N-methyl/N-ethyl adjacent to an activating group) is 1. The number of fused-ring (bicyclic) bond motifs is 1. The number of rotatable bonds is 4. The molecule has 5 nitrogen and oxygen atoms in total. The maximum absolute atomic E-state index is 7.03. The molecule has 3 atom stereocenters. The Morgan fingerprint density at radius 2 is 2.12 bits per heavy atom. The van der Waals surface area contributed by atoms with Crippen molar-refractivity contribution in [3.8, 4) is 0 Å². The molecule has 2 aromatic rings. The standard InChI is InChI=1S/C26H31ClN4OS/c1-16-14-26(2,3)30(4)22-13-20(27)19(12-18(16)22)24-23(21-9-5-6-10-28-21)29-25(33)31(24)15-17-8-7-11-32-17/h5-6,9-10,12-14,17,23-24H,7-8,11,15H2,1-4H3,(H,29,33)/t17-,23-,24-/m1/s1. The van der Waals surface area contributed by atoms with Crippen molar-refractivity contribution in [2.45, 2.75) is 57.3 Å². The fourth-order valence-electron chi connectivity index (χ4n) is 5.36. The third-order valence-corrected chi connectivity index (χ3v) is 7.96. The number of nitrogens with zero attached hydrogens (tertiary/aromatic N) is 3. The zero-order valence-electron chi connectivity index (χ0n) is 19.6. The van der Waals surface area contributed by atoms with Gasteiger partial charge in [-0.15, -0.1) is 0 Å². The molecule has 174 valence electrons. The van der Waals surface area contributed by atoms with Gasteiger partial charge < -0.3 is 19.9 Å². The highest BCUT2D eigenvalue weighted by atomic mass is 35.5. The number of ether oxygens (including phenoxy) is 1. The monoisotopic (exact) mass is 482 g/mol. The van der Waals surface area contributed by atoms with E-state index >= 15 is 0 Å². The molecule has 0 saturated carbocycles. The lowest BCUT2D eigenvalue weighted by Crippen LogP contribution is -2.42. The third kappa shape index (κ3) is 4.02. The van der Waals surface area contributed by atoms with Crippen LogP contribution >= 0.6 is 23.8 Å². The summed E-state index contributed by atoms with van der Waals surface area (Å²) >= 11 is 12.9. The Labute approximate surface area is 206 Å². The second-order valence-electron chi connectivity index (χ2n) is 9.84. The van der Waals surface area contributed by atoms with Crippen molar-refractivity contribution < 1.29 is 4.74 Å². The highest BCUT2D eigenvalue weighted by molar-refractivity contribution is 7.80. The van der Waals surface area contributed by atoms with Crippen LogP contribution in [0, 0.1) is 0 Å². The maximum Gasteiger partial charge on any atom is 0.170 e. The van der Waals surface area contributed by atoms with Crippen LogP contribution in [0.1, 0.15) is 62.5 Å². The molecule has 0 spiro atoms. The predicted molar refractivity (Wildman–Crippen MR) is 139 cm³/mol. The second kappa shape index (κ2) is 8.57. The van der Waals surface area contributed by atoms with Crippen LogP contribution < -0.4 is 10.2 Å². The highest BCUT2D eigenvalue weighted by Gasteiger charge is 2.42. The molecule has 3 aliphatic heterocycles. The van der Waals surface area contributed by atoms with Gasteiger partial charge in [0.15, 0.2) is 5.11 Å². The van der Waals surface area contributed by atoms with Crippen LogP contribution in [0.15, 0.2) is 42.6 Å². The van der Waals surface area contributed by atoms with E-state index < -0.39 is 0 Å². The molecule has 5 rings (SSSR count). The number of aromatic nitrogens is 1. The number of hydrogen-bond donors (Lipinski definition) is 1. The zero-order chi connectivity index (χ0) is 23.3. The van der Waals surface area contributed by atoms with Crippen molar-refractivity contribution >= 4 is 40.2 Å². The summed E-state index contributed by atoms with van der Waals surface area (Å²) in [6.45, 7) is 8.19. The quantitative estimate of drug-likeness (QED) is 0.579. The van der Waals surface area contributed by atoms with Gasteiger partial charge in [-0.1, -0.05) is 23.7 Å². The topological polar surface area (TPSA) is 40.6 Å². The van der Waals surface area contributed by atoms with Gasteiger partial charge in [-0.25, -0.2) is 0 Å². The lowest BCUT2D eigenvalue weighted by atomic mass is 9.86. The number of halogens is 1. The Kier molecular flexibility index (Phi) is 5.88. The van der Waals surface area contributed by atoms with Crippen molar-refractivity contribution in [2.75, 3.05) is 25.1 Å². The van der Waals surface area contributed by atoms with Gasteiger partial charge in [0.05, 0.1) is 29.4 Å². The van der Waals surface area contributed by atoms with Gasteiger partial charge in [0.25, 0.3) is 0 Å². The Balaban J connectivity index is 1.61. The van der Waals surface area contributed by atoms with Crippen molar-refractivity contribution in [3.63, 3.8) is 0 Å². The molecule has 1 aromatic carbocycles. The first-order valence-electron chi connectivity index (χ1n) is 11.6. The molecule has 0 amide bonds. The first-order valence-corrected chi connectivity index (χ1v) is 12.4. The molecule has 0 aliphatic carbocycles. The largest absolute Gasteiger partial charge is 0.376 e. The molecule has 0 bridgehead atoms. The summed E-state index contributed by atoms with van der Waals surface area (Å²) in [6, 6.07) is 10.2. The second-order valence-corrected chi connectivity index (χ2v) is 10.6. The summed E-state index contributed by atoms with van der Waals surface area (Å²) in [5.74, 6) is 0. The van der Waals surface area contributed by atoms with E-state index in [4.69, 9.17) is 28.6 Å². The van der Waals surface area contributed by atoms with E-state index in [1.54, 1.807) is 0 Å². The van der Waals surface area contributed by atoms with Crippen molar-refractivity contribution in [3.05, 3.63) is 64.4 Å². The van der Waals surface area contributed by atoms with Gasteiger partial charge in [0.1, 0.15) is 0 Å². The molecule has 1 N–H and O–H groups in total. The van der Waals surface area contributed by atoms with E-state index in [9.17, 15) is 0 Å². The van der Waals surface area contributed by atoms with E-state index in [1.807, 2.05) is 18.3 Å². The summed E-state index contributed by atoms with van der Waals surface area (Å²) in [5, 5.41) is 5.02. The number of thiocarbonyl (C=S) groups is 1.